The number of fused-ring (bicyclic) bond motifs is 1. The number of H-pyrrole nitrogens is 1. The molecule has 0 aromatic carbocycles. The van der Waals surface area contributed by atoms with Crippen molar-refractivity contribution >= 4 is 5.78 Å². The van der Waals surface area contributed by atoms with Crippen LogP contribution in [0.15, 0.2) is 29.3 Å². The number of aromatic amines is 1. The number of nitrogens with zero attached hydrogens (tertiary/aromatic N) is 1. The van der Waals surface area contributed by atoms with Gasteiger partial charge in [0, 0.05) is 18.1 Å². The molecule has 0 fully saturated rings. The van der Waals surface area contributed by atoms with Gasteiger partial charge in [0.05, 0.1) is 5.56 Å². The fraction of sp³-hybridized carbons (Fsp3) is 0.353. The second-order valence-corrected chi connectivity index (χ2v) is 5.69. The number of ketones is 1. The van der Waals surface area contributed by atoms with Crippen LogP contribution in [0.4, 0.5) is 0 Å². The Morgan fingerprint density at radius 3 is 2.71 bits per heavy atom. The second-order valence-electron chi connectivity index (χ2n) is 5.69. The Morgan fingerprint density at radius 1 is 1.33 bits per heavy atom. The molecule has 1 aliphatic carbocycles. The molecule has 1 unspecified atom stereocenters. The molecule has 4 heteroatoms. The summed E-state index contributed by atoms with van der Waals surface area (Å²) in [5.74, 6) is 0.257. The molecule has 0 spiro atoms. The quantitative estimate of drug-likeness (QED) is 0.861. The van der Waals surface area contributed by atoms with Gasteiger partial charge in [0.25, 0.3) is 5.56 Å². The van der Waals surface area contributed by atoms with Crippen molar-refractivity contribution in [1.82, 2.24) is 9.97 Å². The molecule has 2 heterocycles. The van der Waals surface area contributed by atoms with Crippen LogP contribution in [0.1, 0.15) is 52.0 Å². The zero-order valence-corrected chi connectivity index (χ0v) is 12.3. The molecule has 4 nitrogen and oxygen atoms in total. The number of carbonyl (C=O) groups is 1. The molecule has 0 saturated carbocycles. The van der Waals surface area contributed by atoms with E-state index in [1.807, 2.05) is 31.5 Å². The van der Waals surface area contributed by atoms with Crippen LogP contribution >= 0.6 is 0 Å². The molecule has 108 valence electrons. The molecule has 0 bridgehead atoms. The second kappa shape index (κ2) is 5.28. The van der Waals surface area contributed by atoms with E-state index in [9.17, 15) is 9.59 Å². The van der Waals surface area contributed by atoms with Crippen molar-refractivity contribution in [1.29, 1.82) is 0 Å². The van der Waals surface area contributed by atoms with Crippen molar-refractivity contribution in [2.24, 2.45) is 0 Å². The third-order valence-corrected chi connectivity index (χ3v) is 4.41. The first kappa shape index (κ1) is 13.7. The Balaban J connectivity index is 2.05. The predicted molar refractivity (Wildman–Crippen MR) is 80.8 cm³/mol. The predicted octanol–water partition coefficient (Wildman–Crippen LogP) is 2.55. The normalized spacial score (nSPS) is 17.3. The third-order valence-electron chi connectivity index (χ3n) is 4.41. The molecular weight excluding hydrogens is 264 g/mol. The van der Waals surface area contributed by atoms with Crippen molar-refractivity contribution in [2.75, 3.05) is 0 Å². The van der Waals surface area contributed by atoms with Crippen LogP contribution in [0.25, 0.3) is 0 Å². The summed E-state index contributed by atoms with van der Waals surface area (Å²) in [6, 6.07) is 4.09. The summed E-state index contributed by atoms with van der Waals surface area (Å²) in [5.41, 5.74) is 4.30. The summed E-state index contributed by atoms with van der Waals surface area (Å²) in [4.78, 5) is 30.7. The lowest BCUT2D eigenvalue weighted by Crippen LogP contribution is -2.26. The highest BCUT2D eigenvalue weighted by Crippen LogP contribution is 2.33. The average Bonchev–Trinajstić information content (AvgIpc) is 2.47. The van der Waals surface area contributed by atoms with Gasteiger partial charge >= 0.3 is 0 Å². The van der Waals surface area contributed by atoms with Crippen LogP contribution in [0.2, 0.25) is 0 Å². The number of carbonyl (C=O) groups excluding carboxylic acids is 1. The zero-order valence-electron chi connectivity index (χ0n) is 12.3. The molecule has 0 aliphatic heterocycles. The van der Waals surface area contributed by atoms with E-state index in [0.717, 1.165) is 36.1 Å². The Bertz CT molecular complexity index is 747. The summed E-state index contributed by atoms with van der Waals surface area (Å²) in [6.07, 6.45) is 6.34. The number of hydrogen-bond acceptors (Lipinski definition) is 3. The van der Waals surface area contributed by atoms with Crippen molar-refractivity contribution < 1.29 is 4.79 Å². The van der Waals surface area contributed by atoms with Crippen LogP contribution in [0.3, 0.4) is 0 Å². The van der Waals surface area contributed by atoms with Crippen molar-refractivity contribution in [3.05, 3.63) is 62.8 Å². The summed E-state index contributed by atoms with van der Waals surface area (Å²) < 4.78 is 0. The topological polar surface area (TPSA) is 62.8 Å². The summed E-state index contributed by atoms with van der Waals surface area (Å²) in [5, 5.41) is 0. The first-order valence-electron chi connectivity index (χ1n) is 7.23. The lowest BCUT2D eigenvalue weighted by molar-refractivity contribution is 0.101. The maximum Gasteiger partial charge on any atom is 0.259 e. The minimum atomic E-state index is -0.249. The van der Waals surface area contributed by atoms with Gasteiger partial charge in [0.15, 0.2) is 5.78 Å². The van der Waals surface area contributed by atoms with E-state index in [1.54, 1.807) is 0 Å². The average molecular weight is 282 g/mol. The summed E-state index contributed by atoms with van der Waals surface area (Å²) in [7, 11) is 0. The largest absolute Gasteiger partial charge is 0.325 e. The fourth-order valence-electron chi connectivity index (χ4n) is 3.32. The molecule has 1 aliphatic rings. The number of rotatable bonds is 2. The molecule has 2 aromatic heterocycles. The molecule has 21 heavy (non-hydrogen) atoms. The number of pyridine rings is 2. The highest BCUT2D eigenvalue weighted by molar-refractivity contribution is 5.95. The van der Waals surface area contributed by atoms with Crippen molar-refractivity contribution in [3.8, 4) is 0 Å². The van der Waals surface area contributed by atoms with Gasteiger partial charge in [-0.1, -0.05) is 0 Å². The van der Waals surface area contributed by atoms with Crippen LogP contribution in [-0.4, -0.2) is 15.8 Å². The zero-order chi connectivity index (χ0) is 15.0. The van der Waals surface area contributed by atoms with E-state index in [1.165, 1.54) is 12.5 Å². The number of Topliss-reactive ketones (excluding diaryl/α,β-unsaturated/α-hetero) is 1. The van der Waals surface area contributed by atoms with Gasteiger partial charge in [0.2, 0.25) is 0 Å². The smallest absolute Gasteiger partial charge is 0.259 e. The standard InChI is InChI=1S/C17H18N2O2/c1-10-14-9-13(12-5-7-18-8-6-12)3-4-15(14)19-17(21)16(10)11(2)20/h5-8,13H,3-4,9H2,1-2H3,(H,19,21). The molecular formula is C17H18N2O2. The lowest BCUT2D eigenvalue weighted by atomic mass is 9.80. The highest BCUT2D eigenvalue weighted by Gasteiger charge is 2.25. The minimum Gasteiger partial charge on any atom is -0.325 e. The van der Waals surface area contributed by atoms with Crippen LogP contribution < -0.4 is 5.56 Å². The Hall–Kier alpha value is -2.23. The highest BCUT2D eigenvalue weighted by atomic mass is 16.1. The molecule has 3 rings (SSSR count). The molecule has 1 N–H and O–H groups in total. The van der Waals surface area contributed by atoms with E-state index >= 15 is 0 Å². The number of nitrogens with one attached hydrogen (secondary N) is 1. The Morgan fingerprint density at radius 2 is 2.05 bits per heavy atom. The summed E-state index contributed by atoms with van der Waals surface area (Å²) >= 11 is 0. The monoisotopic (exact) mass is 282 g/mol. The number of hydrogen-bond donors (Lipinski definition) is 1. The van der Waals surface area contributed by atoms with E-state index < -0.39 is 0 Å². The van der Waals surface area contributed by atoms with E-state index in [4.69, 9.17) is 0 Å². The maximum absolute atomic E-state index is 12.0. The van der Waals surface area contributed by atoms with Gasteiger partial charge < -0.3 is 4.98 Å². The van der Waals surface area contributed by atoms with Crippen molar-refractivity contribution in [2.45, 2.75) is 39.0 Å². The lowest BCUT2D eigenvalue weighted by Gasteiger charge is -2.26. The molecule has 0 radical (unpaired) electrons. The van der Waals surface area contributed by atoms with Gasteiger partial charge in [0.1, 0.15) is 0 Å². The van der Waals surface area contributed by atoms with Gasteiger partial charge in [-0.3, -0.25) is 14.6 Å². The number of aromatic nitrogens is 2. The first-order chi connectivity index (χ1) is 10.1. The maximum atomic E-state index is 12.0. The van der Waals surface area contributed by atoms with Gasteiger partial charge in [-0.25, -0.2) is 0 Å². The van der Waals surface area contributed by atoms with Crippen LogP contribution in [0.5, 0.6) is 0 Å². The SMILES string of the molecule is CC(=O)c1c(C)c2c([nH]c1=O)CCC(c1ccncc1)C2. The number of aryl methyl sites for hydroxylation is 1. The van der Waals surface area contributed by atoms with E-state index in [2.05, 4.69) is 9.97 Å². The molecule has 2 aromatic rings. The Kier molecular flexibility index (Phi) is 3.45. The van der Waals surface area contributed by atoms with Gasteiger partial charge in [-0.15, -0.1) is 0 Å². The molecule has 1 atom stereocenters. The third kappa shape index (κ3) is 2.42. The van der Waals surface area contributed by atoms with Gasteiger partial charge in [-0.05, 0) is 67.9 Å². The molecule has 0 saturated heterocycles. The minimum absolute atomic E-state index is 0.164. The summed E-state index contributed by atoms with van der Waals surface area (Å²) in [6.45, 7) is 3.34. The van der Waals surface area contributed by atoms with E-state index in [-0.39, 0.29) is 11.3 Å². The fourth-order valence-corrected chi connectivity index (χ4v) is 3.32. The van der Waals surface area contributed by atoms with Gasteiger partial charge in [-0.2, -0.15) is 0 Å². The van der Waals surface area contributed by atoms with Crippen LogP contribution in [0, 0.1) is 6.92 Å². The van der Waals surface area contributed by atoms with Crippen LogP contribution in [-0.2, 0) is 12.8 Å². The van der Waals surface area contributed by atoms with Crippen molar-refractivity contribution in [3.63, 3.8) is 0 Å². The Labute approximate surface area is 123 Å². The molecule has 0 amide bonds. The van der Waals surface area contributed by atoms with E-state index in [0.29, 0.717) is 11.5 Å². The first-order valence-corrected chi connectivity index (χ1v) is 7.23.